The van der Waals surface area contributed by atoms with Gasteiger partial charge < -0.3 is 20.1 Å². The van der Waals surface area contributed by atoms with E-state index in [1.54, 1.807) is 25.3 Å². The molecule has 1 aliphatic heterocycles. The molecule has 0 aliphatic carbocycles. The van der Waals surface area contributed by atoms with E-state index in [1.165, 1.54) is 5.69 Å². The third-order valence-corrected chi connectivity index (χ3v) is 5.65. The van der Waals surface area contributed by atoms with Gasteiger partial charge in [0.1, 0.15) is 11.9 Å². The number of methoxy groups -OCH3 is 1. The van der Waals surface area contributed by atoms with Crippen LogP contribution in [0.5, 0.6) is 5.75 Å². The summed E-state index contributed by atoms with van der Waals surface area (Å²) in [5.74, 6) is 0.855. The number of anilines is 1. The van der Waals surface area contributed by atoms with Crippen molar-refractivity contribution in [2.24, 2.45) is 5.73 Å². The minimum Gasteiger partial charge on any atom is -0.497 e. The molecule has 8 heteroatoms. The average molecular weight is 438 g/mol. The predicted octanol–water partition coefficient (Wildman–Crippen LogP) is 4.35. The Morgan fingerprint density at radius 2 is 1.79 bits per heavy atom. The number of hydrogen-bond donors (Lipinski definition) is 1. The molecule has 0 bridgehead atoms. The summed E-state index contributed by atoms with van der Waals surface area (Å²) < 4.78 is 10.5. The van der Waals surface area contributed by atoms with Crippen molar-refractivity contribution < 1.29 is 14.3 Å². The van der Waals surface area contributed by atoms with Gasteiger partial charge in [-0.15, -0.1) is 0 Å². The molecule has 1 saturated heterocycles. The maximum Gasteiger partial charge on any atom is 0.405 e. The van der Waals surface area contributed by atoms with Gasteiger partial charge in [-0.05, 0) is 36.4 Å². The quantitative estimate of drug-likeness (QED) is 0.696. The first-order valence-corrected chi connectivity index (χ1v) is 10.2. The topological polar surface area (TPSA) is 68.0 Å². The molecule has 0 spiro atoms. The first kappa shape index (κ1) is 21.6. The molecule has 0 saturated carbocycles. The monoisotopic (exact) mass is 437 g/mol. The number of halogens is 2. The Labute approximate surface area is 181 Å². The number of ether oxygens (including phenoxy) is 2. The van der Waals surface area contributed by atoms with Crippen molar-refractivity contribution in [3.8, 4) is 5.75 Å². The fourth-order valence-corrected chi connectivity index (χ4v) is 4.03. The Morgan fingerprint density at radius 1 is 1.10 bits per heavy atom. The largest absolute Gasteiger partial charge is 0.497 e. The molecule has 2 aromatic rings. The SMILES string of the molecule is COc1ccc(N2CCN(CCC(OC(N)=O)c3ccc(Cl)cc3Cl)CC2)cc1. The molecule has 1 heterocycles. The van der Waals surface area contributed by atoms with E-state index in [1.807, 2.05) is 12.1 Å². The molecule has 2 aromatic carbocycles. The summed E-state index contributed by atoms with van der Waals surface area (Å²) in [7, 11) is 1.67. The number of nitrogens with zero attached hydrogens (tertiary/aromatic N) is 2. The highest BCUT2D eigenvalue weighted by molar-refractivity contribution is 6.35. The lowest BCUT2D eigenvalue weighted by molar-refractivity contribution is 0.0911. The van der Waals surface area contributed by atoms with Crippen LogP contribution in [0.25, 0.3) is 0 Å². The summed E-state index contributed by atoms with van der Waals surface area (Å²) in [5, 5.41) is 0.999. The smallest absolute Gasteiger partial charge is 0.405 e. The van der Waals surface area contributed by atoms with Crippen molar-refractivity contribution in [2.75, 3.05) is 44.7 Å². The molecular weight excluding hydrogens is 413 g/mol. The molecule has 1 aliphatic rings. The van der Waals surface area contributed by atoms with Crippen LogP contribution in [-0.4, -0.2) is 50.8 Å². The lowest BCUT2D eigenvalue weighted by Gasteiger charge is -2.36. The second-order valence-electron chi connectivity index (χ2n) is 6.91. The van der Waals surface area contributed by atoms with Crippen molar-refractivity contribution in [1.29, 1.82) is 0 Å². The fourth-order valence-electron chi connectivity index (χ4n) is 3.50. The van der Waals surface area contributed by atoms with E-state index in [0.29, 0.717) is 22.0 Å². The van der Waals surface area contributed by atoms with Crippen LogP contribution in [0.2, 0.25) is 10.0 Å². The molecule has 3 rings (SSSR count). The zero-order chi connectivity index (χ0) is 20.8. The standard InChI is InChI=1S/C21H25Cl2N3O3/c1-28-17-5-3-16(4-6-17)26-12-10-25(11-13-26)9-8-20(29-21(24)27)18-7-2-15(22)14-19(18)23/h2-7,14,20H,8-13H2,1H3,(H2,24,27). The number of hydrogen-bond acceptors (Lipinski definition) is 5. The predicted molar refractivity (Wildman–Crippen MR) is 116 cm³/mol. The van der Waals surface area contributed by atoms with Crippen LogP contribution in [0.4, 0.5) is 10.5 Å². The number of amides is 1. The summed E-state index contributed by atoms with van der Waals surface area (Å²) in [6.07, 6.45) is -0.713. The molecule has 156 valence electrons. The van der Waals surface area contributed by atoms with Gasteiger partial charge in [-0.1, -0.05) is 29.3 Å². The Kier molecular flexibility index (Phi) is 7.47. The summed E-state index contributed by atoms with van der Waals surface area (Å²) in [6, 6.07) is 13.3. The molecule has 2 N–H and O–H groups in total. The van der Waals surface area contributed by atoms with E-state index in [2.05, 4.69) is 21.9 Å². The van der Waals surface area contributed by atoms with Gasteiger partial charge in [0.2, 0.25) is 0 Å². The molecule has 1 atom stereocenters. The Hall–Kier alpha value is -2.15. The molecule has 1 amide bonds. The van der Waals surface area contributed by atoms with Gasteiger partial charge in [-0.25, -0.2) is 4.79 Å². The van der Waals surface area contributed by atoms with E-state index in [-0.39, 0.29) is 0 Å². The average Bonchev–Trinajstić information content (AvgIpc) is 2.71. The number of rotatable bonds is 7. The highest BCUT2D eigenvalue weighted by Gasteiger charge is 2.22. The van der Waals surface area contributed by atoms with Gasteiger partial charge in [0.15, 0.2) is 0 Å². The van der Waals surface area contributed by atoms with E-state index in [9.17, 15) is 4.79 Å². The van der Waals surface area contributed by atoms with Gasteiger partial charge in [0.25, 0.3) is 0 Å². The van der Waals surface area contributed by atoms with E-state index in [0.717, 1.165) is 38.5 Å². The summed E-state index contributed by atoms with van der Waals surface area (Å²) >= 11 is 12.3. The lowest BCUT2D eigenvalue weighted by Crippen LogP contribution is -2.46. The van der Waals surface area contributed by atoms with Gasteiger partial charge in [-0.3, -0.25) is 4.90 Å². The Morgan fingerprint density at radius 3 is 2.38 bits per heavy atom. The van der Waals surface area contributed by atoms with E-state index < -0.39 is 12.2 Å². The molecule has 1 fully saturated rings. The van der Waals surface area contributed by atoms with Crippen LogP contribution in [0.15, 0.2) is 42.5 Å². The third-order valence-electron chi connectivity index (χ3n) is 5.09. The first-order chi connectivity index (χ1) is 14.0. The van der Waals surface area contributed by atoms with Crippen LogP contribution in [-0.2, 0) is 4.74 Å². The molecule has 29 heavy (non-hydrogen) atoms. The lowest BCUT2D eigenvalue weighted by atomic mass is 10.1. The van der Waals surface area contributed by atoms with Crippen LogP contribution in [0, 0.1) is 0 Å². The molecule has 0 aromatic heterocycles. The van der Waals surface area contributed by atoms with E-state index in [4.69, 9.17) is 38.4 Å². The Balaban J connectivity index is 1.56. The molecule has 1 unspecified atom stereocenters. The summed E-state index contributed by atoms with van der Waals surface area (Å²) in [4.78, 5) is 16.1. The van der Waals surface area contributed by atoms with Gasteiger partial charge in [0, 0.05) is 60.4 Å². The van der Waals surface area contributed by atoms with E-state index >= 15 is 0 Å². The van der Waals surface area contributed by atoms with Crippen molar-refractivity contribution in [1.82, 2.24) is 4.90 Å². The zero-order valence-corrected chi connectivity index (χ0v) is 17.8. The van der Waals surface area contributed by atoms with Crippen molar-refractivity contribution in [3.63, 3.8) is 0 Å². The van der Waals surface area contributed by atoms with Crippen molar-refractivity contribution in [2.45, 2.75) is 12.5 Å². The van der Waals surface area contributed by atoms with Crippen LogP contribution in [0.3, 0.4) is 0 Å². The van der Waals surface area contributed by atoms with Crippen molar-refractivity contribution in [3.05, 3.63) is 58.1 Å². The third kappa shape index (κ3) is 5.92. The first-order valence-electron chi connectivity index (χ1n) is 9.48. The number of benzene rings is 2. The molecular formula is C21H25Cl2N3O3. The van der Waals surface area contributed by atoms with Gasteiger partial charge in [0.05, 0.1) is 7.11 Å². The van der Waals surface area contributed by atoms with Gasteiger partial charge >= 0.3 is 6.09 Å². The maximum absolute atomic E-state index is 11.4. The maximum atomic E-state index is 11.4. The molecule has 0 radical (unpaired) electrons. The number of primary amides is 1. The fraction of sp³-hybridized carbons (Fsp3) is 0.381. The second-order valence-corrected chi connectivity index (χ2v) is 7.75. The minimum absolute atomic E-state index is 0.466. The zero-order valence-electron chi connectivity index (χ0n) is 16.3. The van der Waals surface area contributed by atoms with Crippen LogP contribution < -0.4 is 15.4 Å². The minimum atomic E-state index is -0.814. The second kappa shape index (κ2) is 10.1. The van der Waals surface area contributed by atoms with Crippen LogP contribution in [0.1, 0.15) is 18.1 Å². The number of carbonyl (C=O) groups excluding carboxylic acids is 1. The number of nitrogens with two attached hydrogens (primary N) is 1. The Bertz CT molecular complexity index is 824. The highest BCUT2D eigenvalue weighted by Crippen LogP contribution is 2.31. The summed E-state index contributed by atoms with van der Waals surface area (Å²) in [5.41, 5.74) is 7.17. The van der Waals surface area contributed by atoms with Gasteiger partial charge in [-0.2, -0.15) is 0 Å². The number of piperazine rings is 1. The van der Waals surface area contributed by atoms with Crippen molar-refractivity contribution >= 4 is 35.0 Å². The number of carbonyl (C=O) groups is 1. The van der Waals surface area contributed by atoms with Crippen LogP contribution >= 0.6 is 23.2 Å². The summed E-state index contributed by atoms with van der Waals surface area (Å²) in [6.45, 7) is 4.46. The highest BCUT2D eigenvalue weighted by atomic mass is 35.5. The normalized spacial score (nSPS) is 15.8. The molecule has 6 nitrogen and oxygen atoms in total.